The van der Waals surface area contributed by atoms with Crippen LogP contribution in [0.1, 0.15) is 0 Å². The van der Waals surface area contributed by atoms with Crippen molar-refractivity contribution in [3.63, 3.8) is 0 Å². The van der Waals surface area contributed by atoms with Gasteiger partial charge in [-0.3, -0.25) is 4.98 Å². The second-order valence-corrected chi connectivity index (χ2v) is 6.38. The second-order valence-electron chi connectivity index (χ2n) is 6.38. The van der Waals surface area contributed by atoms with Crippen molar-refractivity contribution in [3.05, 3.63) is 91.5 Å². The maximum atomic E-state index is 4.97. The summed E-state index contributed by atoms with van der Waals surface area (Å²) in [6, 6.07) is 21.0. The van der Waals surface area contributed by atoms with Gasteiger partial charge in [-0.05, 0) is 30.3 Å². The van der Waals surface area contributed by atoms with Gasteiger partial charge in [-0.1, -0.05) is 36.4 Å². The first-order valence-corrected chi connectivity index (χ1v) is 9.34. The Labute approximate surface area is 172 Å². The number of pyridine rings is 1. The van der Waals surface area contributed by atoms with Crippen molar-refractivity contribution in [2.75, 3.05) is 0 Å². The van der Waals surface area contributed by atoms with Crippen molar-refractivity contribution < 1.29 is 0 Å². The molecule has 0 unspecified atom stereocenters. The quantitative estimate of drug-likeness (QED) is 0.457. The standard InChI is InChI=1S/C23H15N7/c1-2-8-16(9-3-1)19-20(17-10-4-5-12-24-17)29-21(18-11-6-15-27-30-18)22(28-19)23-25-13-7-14-26-23/h1-15H. The van der Waals surface area contributed by atoms with E-state index in [-0.39, 0.29) is 0 Å². The number of hydrogen-bond acceptors (Lipinski definition) is 7. The zero-order chi connectivity index (χ0) is 20.2. The molecule has 0 amide bonds. The molecule has 0 N–H and O–H groups in total. The van der Waals surface area contributed by atoms with Gasteiger partial charge >= 0.3 is 0 Å². The van der Waals surface area contributed by atoms with Crippen LogP contribution in [-0.4, -0.2) is 35.1 Å². The third-order valence-corrected chi connectivity index (χ3v) is 4.44. The molecular weight excluding hydrogens is 374 g/mol. The molecular formula is C23H15N7. The van der Waals surface area contributed by atoms with Gasteiger partial charge < -0.3 is 0 Å². The molecule has 5 rings (SSSR count). The van der Waals surface area contributed by atoms with E-state index in [0.717, 1.165) is 11.3 Å². The highest BCUT2D eigenvalue weighted by Gasteiger charge is 2.21. The van der Waals surface area contributed by atoms with E-state index in [4.69, 9.17) is 9.97 Å². The third-order valence-electron chi connectivity index (χ3n) is 4.44. The molecule has 0 aliphatic rings. The first-order valence-electron chi connectivity index (χ1n) is 9.34. The Morgan fingerprint density at radius 3 is 1.90 bits per heavy atom. The van der Waals surface area contributed by atoms with Gasteiger partial charge in [0.25, 0.3) is 0 Å². The smallest absolute Gasteiger partial charge is 0.180 e. The topological polar surface area (TPSA) is 90.2 Å². The summed E-state index contributed by atoms with van der Waals surface area (Å²) in [6.45, 7) is 0. The summed E-state index contributed by atoms with van der Waals surface area (Å²) in [6.07, 6.45) is 6.72. The summed E-state index contributed by atoms with van der Waals surface area (Å²) >= 11 is 0. The van der Waals surface area contributed by atoms with Crippen LogP contribution < -0.4 is 0 Å². The highest BCUT2D eigenvalue weighted by molar-refractivity contribution is 5.83. The molecule has 0 aliphatic heterocycles. The van der Waals surface area contributed by atoms with E-state index in [0.29, 0.717) is 34.3 Å². The molecule has 4 heterocycles. The van der Waals surface area contributed by atoms with Crippen molar-refractivity contribution in [3.8, 4) is 45.6 Å². The van der Waals surface area contributed by atoms with Crippen molar-refractivity contribution in [2.24, 2.45) is 0 Å². The fraction of sp³-hybridized carbons (Fsp3) is 0. The van der Waals surface area contributed by atoms with Gasteiger partial charge in [0.15, 0.2) is 5.82 Å². The van der Waals surface area contributed by atoms with E-state index in [1.165, 1.54) is 0 Å². The minimum absolute atomic E-state index is 0.468. The molecule has 7 heteroatoms. The van der Waals surface area contributed by atoms with Gasteiger partial charge in [-0.15, -0.1) is 5.10 Å². The summed E-state index contributed by atoms with van der Waals surface area (Å²) in [4.78, 5) is 23.2. The van der Waals surface area contributed by atoms with Crippen molar-refractivity contribution in [2.45, 2.75) is 0 Å². The van der Waals surface area contributed by atoms with Crippen molar-refractivity contribution in [1.82, 2.24) is 35.1 Å². The molecule has 142 valence electrons. The van der Waals surface area contributed by atoms with Crippen LogP contribution in [0.2, 0.25) is 0 Å². The number of benzene rings is 1. The van der Waals surface area contributed by atoms with Crippen LogP contribution in [-0.2, 0) is 0 Å². The molecule has 7 nitrogen and oxygen atoms in total. The highest BCUT2D eigenvalue weighted by atomic mass is 15.1. The average Bonchev–Trinajstić information content (AvgIpc) is 2.85. The van der Waals surface area contributed by atoms with E-state index >= 15 is 0 Å². The minimum atomic E-state index is 0.468. The fourth-order valence-electron chi connectivity index (χ4n) is 3.10. The summed E-state index contributed by atoms with van der Waals surface area (Å²) in [5.41, 5.74) is 4.67. The van der Waals surface area contributed by atoms with Gasteiger partial charge in [-0.2, -0.15) is 5.10 Å². The number of aromatic nitrogens is 7. The van der Waals surface area contributed by atoms with Gasteiger partial charge in [0, 0.05) is 30.4 Å². The van der Waals surface area contributed by atoms with Gasteiger partial charge in [0.2, 0.25) is 0 Å². The van der Waals surface area contributed by atoms with Crippen LogP contribution in [0, 0.1) is 0 Å². The zero-order valence-corrected chi connectivity index (χ0v) is 15.8. The van der Waals surface area contributed by atoms with Gasteiger partial charge in [0.05, 0.1) is 11.4 Å². The van der Waals surface area contributed by atoms with Gasteiger partial charge in [-0.25, -0.2) is 19.9 Å². The van der Waals surface area contributed by atoms with Crippen LogP contribution in [0.3, 0.4) is 0 Å². The first-order chi connectivity index (χ1) is 14.9. The molecule has 0 radical (unpaired) electrons. The molecule has 0 atom stereocenters. The van der Waals surface area contributed by atoms with E-state index in [2.05, 4.69) is 25.1 Å². The number of hydrogen-bond donors (Lipinski definition) is 0. The summed E-state index contributed by atoms with van der Waals surface area (Å²) < 4.78 is 0. The Morgan fingerprint density at radius 1 is 0.467 bits per heavy atom. The minimum Gasteiger partial charge on any atom is -0.255 e. The molecule has 4 aromatic heterocycles. The number of nitrogens with zero attached hydrogens (tertiary/aromatic N) is 7. The Hall–Kier alpha value is -4.39. The Kier molecular flexibility index (Phi) is 4.67. The second kappa shape index (κ2) is 7.92. The Morgan fingerprint density at radius 2 is 1.17 bits per heavy atom. The van der Waals surface area contributed by atoms with Crippen molar-refractivity contribution in [1.29, 1.82) is 0 Å². The van der Waals surface area contributed by atoms with Crippen molar-refractivity contribution >= 4 is 0 Å². The lowest BCUT2D eigenvalue weighted by Crippen LogP contribution is -2.04. The SMILES string of the molecule is c1ccc(-c2nc(-c3ncccn3)c(-c3cccnn3)nc2-c2ccccn2)cc1. The zero-order valence-electron chi connectivity index (χ0n) is 15.8. The number of rotatable bonds is 4. The molecule has 30 heavy (non-hydrogen) atoms. The molecule has 0 bridgehead atoms. The van der Waals surface area contributed by atoms with Crippen LogP contribution in [0.15, 0.2) is 91.5 Å². The Balaban J connectivity index is 1.85. The van der Waals surface area contributed by atoms with E-state index < -0.39 is 0 Å². The normalized spacial score (nSPS) is 10.7. The maximum Gasteiger partial charge on any atom is 0.180 e. The van der Waals surface area contributed by atoms with E-state index in [9.17, 15) is 0 Å². The van der Waals surface area contributed by atoms with Crippen LogP contribution in [0.4, 0.5) is 0 Å². The lowest BCUT2D eigenvalue weighted by atomic mass is 10.1. The van der Waals surface area contributed by atoms with Gasteiger partial charge in [0.1, 0.15) is 22.8 Å². The van der Waals surface area contributed by atoms with E-state index in [1.807, 2.05) is 60.7 Å². The third kappa shape index (κ3) is 3.40. The first kappa shape index (κ1) is 17.7. The Bertz CT molecular complexity index is 1060. The van der Waals surface area contributed by atoms with Crippen LogP contribution in [0.5, 0.6) is 0 Å². The van der Waals surface area contributed by atoms with Crippen LogP contribution >= 0.6 is 0 Å². The molecule has 0 aliphatic carbocycles. The largest absolute Gasteiger partial charge is 0.255 e. The maximum absolute atomic E-state index is 4.97. The highest BCUT2D eigenvalue weighted by Crippen LogP contribution is 2.34. The monoisotopic (exact) mass is 389 g/mol. The molecule has 0 spiro atoms. The van der Waals surface area contributed by atoms with E-state index in [1.54, 1.807) is 30.9 Å². The molecule has 0 fully saturated rings. The van der Waals surface area contributed by atoms with Crippen LogP contribution in [0.25, 0.3) is 45.6 Å². The molecule has 0 saturated heterocycles. The molecule has 1 aromatic carbocycles. The summed E-state index contributed by atoms with van der Waals surface area (Å²) in [5.74, 6) is 0.468. The molecule has 5 aromatic rings. The predicted molar refractivity (Wildman–Crippen MR) is 113 cm³/mol. The fourth-order valence-corrected chi connectivity index (χ4v) is 3.10. The average molecular weight is 389 g/mol. The lowest BCUT2D eigenvalue weighted by molar-refractivity contribution is 1.02. The molecule has 0 saturated carbocycles. The lowest BCUT2D eigenvalue weighted by Gasteiger charge is -2.13. The summed E-state index contributed by atoms with van der Waals surface area (Å²) in [5, 5.41) is 8.25. The predicted octanol–water partition coefficient (Wildman–Crippen LogP) is 4.12. The summed E-state index contributed by atoms with van der Waals surface area (Å²) in [7, 11) is 0.